The van der Waals surface area contributed by atoms with Crippen molar-refractivity contribution in [1.29, 1.82) is 0 Å². The maximum Gasteiger partial charge on any atom is 0.262 e. The molecule has 0 amide bonds. The Morgan fingerprint density at radius 3 is 2.46 bits per heavy atom. The predicted octanol–water partition coefficient (Wildman–Crippen LogP) is 4.74. The molecule has 3 rings (SSSR count). The first-order valence-corrected chi connectivity index (χ1v) is 10.2. The lowest BCUT2D eigenvalue weighted by Crippen LogP contribution is -2.27. The molecular weight excluding hydrogens is 372 g/mol. The quantitative estimate of drug-likeness (QED) is 0.328. The van der Waals surface area contributed by atoms with Gasteiger partial charge in [0, 0.05) is 11.6 Å². The molecular formula is C22H24N2O3S. The predicted molar refractivity (Wildman–Crippen MR) is 114 cm³/mol. The Morgan fingerprint density at radius 2 is 1.82 bits per heavy atom. The molecule has 0 radical (unpaired) electrons. The Morgan fingerprint density at radius 1 is 1.14 bits per heavy atom. The van der Waals surface area contributed by atoms with Crippen LogP contribution in [0.3, 0.4) is 0 Å². The van der Waals surface area contributed by atoms with Gasteiger partial charge < -0.3 is 4.74 Å². The van der Waals surface area contributed by atoms with Crippen molar-refractivity contribution in [3.05, 3.63) is 64.4 Å². The van der Waals surface area contributed by atoms with Crippen LogP contribution in [0.15, 0.2) is 58.5 Å². The molecule has 146 valence electrons. The van der Waals surface area contributed by atoms with E-state index in [1.54, 1.807) is 42.0 Å². The fraction of sp³-hybridized carbons (Fsp3) is 0.318. The number of rotatable bonds is 7. The van der Waals surface area contributed by atoms with Crippen LogP contribution in [0.4, 0.5) is 0 Å². The number of methoxy groups -OCH3 is 1. The molecule has 28 heavy (non-hydrogen) atoms. The molecule has 3 aromatic rings. The molecule has 1 aromatic heterocycles. The Labute approximate surface area is 168 Å². The second-order valence-electron chi connectivity index (χ2n) is 6.70. The van der Waals surface area contributed by atoms with E-state index in [1.807, 2.05) is 39.0 Å². The van der Waals surface area contributed by atoms with Crippen LogP contribution in [-0.2, 0) is 0 Å². The summed E-state index contributed by atoms with van der Waals surface area (Å²) >= 11 is 1.33. The number of nitrogens with zero attached hydrogens (tertiary/aromatic N) is 2. The average molecular weight is 397 g/mol. The molecule has 0 spiro atoms. The number of para-hydroxylation sites is 1. The first kappa shape index (κ1) is 20.1. The number of thioether (sulfide) groups is 1. The van der Waals surface area contributed by atoms with Crippen LogP contribution in [0.1, 0.15) is 43.6 Å². The molecule has 2 atom stereocenters. The summed E-state index contributed by atoms with van der Waals surface area (Å²) in [7, 11) is 1.59. The number of fused-ring (bicyclic) bond motifs is 1. The summed E-state index contributed by atoms with van der Waals surface area (Å²) < 4.78 is 6.86. The molecule has 0 aliphatic heterocycles. The Kier molecular flexibility index (Phi) is 6.19. The van der Waals surface area contributed by atoms with Gasteiger partial charge in [-0.05, 0) is 56.7 Å². The highest BCUT2D eigenvalue weighted by atomic mass is 32.2. The highest BCUT2D eigenvalue weighted by molar-refractivity contribution is 8.00. The van der Waals surface area contributed by atoms with Crippen LogP contribution in [0.2, 0.25) is 0 Å². The van der Waals surface area contributed by atoms with Crippen LogP contribution in [-0.4, -0.2) is 27.7 Å². The molecule has 1 heterocycles. The summed E-state index contributed by atoms with van der Waals surface area (Å²) in [6.45, 7) is 5.88. The summed E-state index contributed by atoms with van der Waals surface area (Å²) in [6, 6.07) is 14.4. The number of benzene rings is 2. The summed E-state index contributed by atoms with van der Waals surface area (Å²) in [4.78, 5) is 30.6. The number of ketones is 1. The molecule has 0 bridgehead atoms. The van der Waals surface area contributed by atoms with E-state index in [2.05, 4.69) is 0 Å². The van der Waals surface area contributed by atoms with Gasteiger partial charge in [-0.1, -0.05) is 30.8 Å². The van der Waals surface area contributed by atoms with Gasteiger partial charge in [-0.3, -0.25) is 14.2 Å². The Bertz CT molecular complexity index is 1040. The van der Waals surface area contributed by atoms with E-state index < -0.39 is 0 Å². The first-order chi connectivity index (χ1) is 13.5. The van der Waals surface area contributed by atoms with Crippen molar-refractivity contribution in [2.75, 3.05) is 7.11 Å². The van der Waals surface area contributed by atoms with Crippen LogP contribution >= 0.6 is 11.8 Å². The van der Waals surface area contributed by atoms with Crippen LogP contribution < -0.4 is 10.3 Å². The normalized spacial score (nSPS) is 13.3. The van der Waals surface area contributed by atoms with E-state index in [0.29, 0.717) is 27.4 Å². The lowest BCUT2D eigenvalue weighted by molar-refractivity contribution is 0.0993. The highest BCUT2D eigenvalue weighted by Crippen LogP contribution is 2.28. The molecule has 0 unspecified atom stereocenters. The number of aromatic nitrogens is 2. The van der Waals surface area contributed by atoms with Crippen molar-refractivity contribution in [2.24, 2.45) is 0 Å². The van der Waals surface area contributed by atoms with Gasteiger partial charge in [-0.2, -0.15) is 0 Å². The van der Waals surface area contributed by atoms with Crippen molar-refractivity contribution in [3.63, 3.8) is 0 Å². The minimum Gasteiger partial charge on any atom is -0.497 e. The van der Waals surface area contributed by atoms with Crippen molar-refractivity contribution in [3.8, 4) is 5.75 Å². The summed E-state index contributed by atoms with van der Waals surface area (Å²) in [6.07, 6.45) is 0.800. The second kappa shape index (κ2) is 8.61. The van der Waals surface area contributed by atoms with Gasteiger partial charge >= 0.3 is 0 Å². The van der Waals surface area contributed by atoms with Crippen LogP contribution in [0.25, 0.3) is 10.9 Å². The van der Waals surface area contributed by atoms with Gasteiger partial charge in [0.05, 0.1) is 23.3 Å². The van der Waals surface area contributed by atoms with Crippen molar-refractivity contribution in [1.82, 2.24) is 9.55 Å². The number of carbonyl (C=O) groups is 1. The Balaban J connectivity index is 1.97. The largest absolute Gasteiger partial charge is 0.497 e. The first-order valence-electron chi connectivity index (χ1n) is 9.32. The van der Waals surface area contributed by atoms with Crippen molar-refractivity contribution in [2.45, 2.75) is 43.6 Å². The maximum absolute atomic E-state index is 13.1. The summed E-state index contributed by atoms with van der Waals surface area (Å²) in [5.41, 5.74) is 1.20. The van der Waals surface area contributed by atoms with E-state index in [1.165, 1.54) is 11.8 Å². The van der Waals surface area contributed by atoms with E-state index >= 15 is 0 Å². The summed E-state index contributed by atoms with van der Waals surface area (Å²) in [5, 5.41) is 0.797. The number of carbonyl (C=O) groups excluding carboxylic acids is 1. The van der Waals surface area contributed by atoms with E-state index in [9.17, 15) is 9.59 Å². The fourth-order valence-electron chi connectivity index (χ4n) is 2.98. The van der Waals surface area contributed by atoms with E-state index in [-0.39, 0.29) is 22.6 Å². The maximum atomic E-state index is 13.1. The van der Waals surface area contributed by atoms with E-state index in [4.69, 9.17) is 9.72 Å². The molecule has 0 aliphatic rings. The van der Waals surface area contributed by atoms with Gasteiger partial charge in [0.2, 0.25) is 0 Å². The van der Waals surface area contributed by atoms with Gasteiger partial charge in [-0.15, -0.1) is 0 Å². The van der Waals surface area contributed by atoms with Crippen LogP contribution in [0.5, 0.6) is 5.75 Å². The smallest absolute Gasteiger partial charge is 0.262 e. The molecule has 0 saturated carbocycles. The van der Waals surface area contributed by atoms with Gasteiger partial charge in [0.1, 0.15) is 5.75 Å². The van der Waals surface area contributed by atoms with Gasteiger partial charge in [-0.25, -0.2) is 4.98 Å². The Hall–Kier alpha value is -2.60. The minimum atomic E-state index is -0.378. The lowest BCUT2D eigenvalue weighted by atomic mass is 10.1. The van der Waals surface area contributed by atoms with Gasteiger partial charge in [0.15, 0.2) is 10.9 Å². The molecule has 5 nitrogen and oxygen atoms in total. The standard InChI is InChI=1S/C22H24N2O3S/c1-5-14(2)24-21(26)18-8-6-7-9-19(18)23-22(24)28-15(3)20(25)16-10-12-17(27-4)13-11-16/h6-15H,5H2,1-4H3/t14-,15+/m1/s1. The van der Waals surface area contributed by atoms with Gasteiger partial charge in [0.25, 0.3) is 5.56 Å². The third-order valence-corrected chi connectivity index (χ3v) is 5.90. The highest BCUT2D eigenvalue weighted by Gasteiger charge is 2.22. The number of hydrogen-bond donors (Lipinski definition) is 0. The zero-order valence-corrected chi connectivity index (χ0v) is 17.3. The van der Waals surface area contributed by atoms with Crippen molar-refractivity contribution < 1.29 is 9.53 Å². The third kappa shape index (κ3) is 3.97. The zero-order chi connectivity index (χ0) is 20.3. The molecule has 2 aromatic carbocycles. The minimum absolute atomic E-state index is 0.00426. The molecule has 6 heteroatoms. The lowest BCUT2D eigenvalue weighted by Gasteiger charge is -2.20. The van der Waals surface area contributed by atoms with Crippen molar-refractivity contribution >= 4 is 28.4 Å². The molecule has 0 saturated heterocycles. The zero-order valence-electron chi connectivity index (χ0n) is 16.5. The molecule has 0 N–H and O–H groups in total. The van der Waals surface area contributed by atoms with Crippen LogP contribution in [0, 0.1) is 0 Å². The molecule has 0 aliphatic carbocycles. The number of Topliss-reactive ketones (excluding diaryl/α,β-unsaturated/α-hetero) is 1. The number of ether oxygens (including phenoxy) is 1. The SMILES string of the molecule is CC[C@@H](C)n1c(S[C@@H](C)C(=O)c2ccc(OC)cc2)nc2ccccc2c1=O. The monoisotopic (exact) mass is 396 g/mol. The topological polar surface area (TPSA) is 61.2 Å². The average Bonchev–Trinajstić information content (AvgIpc) is 2.73. The third-order valence-electron chi connectivity index (χ3n) is 4.83. The second-order valence-corrected chi connectivity index (χ2v) is 8.00. The summed E-state index contributed by atoms with van der Waals surface area (Å²) in [5.74, 6) is 0.699. The number of hydrogen-bond acceptors (Lipinski definition) is 5. The fourth-order valence-corrected chi connectivity index (χ4v) is 4.07. The molecule has 0 fully saturated rings. The van der Waals surface area contributed by atoms with E-state index in [0.717, 1.165) is 6.42 Å².